The van der Waals surface area contributed by atoms with E-state index in [1.54, 1.807) is 25.1 Å². The first kappa shape index (κ1) is 18.7. The third kappa shape index (κ3) is 2.58. The normalized spacial score (nSPS) is 22.9. The van der Waals surface area contributed by atoms with Crippen LogP contribution in [0.5, 0.6) is 0 Å². The standard InChI is InChI=1S/C18H20F4N6/c1-10-9-17(23,28-14(24-10)25-15(26-28)27(2)3)16(6-7-16)11-4-5-12(13(19)8-11)18(20,21)22/h4-5,8-9H,6-7,23H2,1-3H3,(H,24,25,26). The highest BCUT2D eigenvalue weighted by Gasteiger charge is 2.61. The second-order valence-corrected chi connectivity index (χ2v) is 7.59. The Balaban J connectivity index is 1.84. The molecule has 150 valence electrons. The van der Waals surface area contributed by atoms with E-state index in [4.69, 9.17) is 5.73 Å². The second kappa shape index (κ2) is 5.69. The summed E-state index contributed by atoms with van der Waals surface area (Å²) in [4.78, 5) is 6.14. The molecule has 0 saturated heterocycles. The van der Waals surface area contributed by atoms with Crippen LogP contribution in [-0.4, -0.2) is 28.9 Å². The summed E-state index contributed by atoms with van der Waals surface area (Å²) in [5.74, 6) is -0.429. The number of aromatic nitrogens is 3. The molecule has 3 N–H and O–H groups in total. The van der Waals surface area contributed by atoms with Crippen LogP contribution in [0.15, 0.2) is 30.0 Å². The minimum Gasteiger partial charge on any atom is -0.346 e. The van der Waals surface area contributed by atoms with E-state index >= 15 is 0 Å². The summed E-state index contributed by atoms with van der Waals surface area (Å²) in [6.45, 7) is 1.82. The number of hydrogen-bond donors (Lipinski definition) is 2. The molecule has 28 heavy (non-hydrogen) atoms. The van der Waals surface area contributed by atoms with Gasteiger partial charge >= 0.3 is 6.18 Å². The molecule has 1 atom stereocenters. The molecule has 4 rings (SSSR count). The Hall–Kier alpha value is -2.62. The maximum atomic E-state index is 14.2. The van der Waals surface area contributed by atoms with Crippen LogP contribution < -0.4 is 16.0 Å². The minimum atomic E-state index is -4.75. The number of nitrogens with zero attached hydrogens (tertiary/aromatic N) is 4. The van der Waals surface area contributed by atoms with Crippen LogP contribution in [0.2, 0.25) is 0 Å². The van der Waals surface area contributed by atoms with E-state index in [1.807, 2.05) is 6.92 Å². The van der Waals surface area contributed by atoms with Crippen molar-refractivity contribution in [1.82, 2.24) is 14.8 Å². The number of benzene rings is 1. The number of halogens is 4. The topological polar surface area (TPSA) is 72.0 Å². The average molecular weight is 396 g/mol. The maximum Gasteiger partial charge on any atom is 0.419 e. The van der Waals surface area contributed by atoms with E-state index in [0.717, 1.165) is 17.8 Å². The lowest BCUT2D eigenvalue weighted by Crippen LogP contribution is -2.54. The molecule has 6 nitrogen and oxygen atoms in total. The highest BCUT2D eigenvalue weighted by Crippen LogP contribution is 2.59. The molecule has 0 amide bonds. The Morgan fingerprint density at radius 2 is 1.93 bits per heavy atom. The SMILES string of the molecule is CC1=CC(N)(C2(c3ccc(C(F)(F)F)c(F)c3)CC2)n2nc(N(C)C)nc2N1. The van der Waals surface area contributed by atoms with Crippen molar-refractivity contribution in [2.75, 3.05) is 24.3 Å². The van der Waals surface area contributed by atoms with E-state index in [2.05, 4.69) is 15.4 Å². The molecule has 2 aliphatic rings. The smallest absolute Gasteiger partial charge is 0.346 e. The molecule has 1 saturated carbocycles. The summed E-state index contributed by atoms with van der Waals surface area (Å²) < 4.78 is 54.6. The third-order valence-corrected chi connectivity index (χ3v) is 5.44. The van der Waals surface area contributed by atoms with Gasteiger partial charge < -0.3 is 16.0 Å². The van der Waals surface area contributed by atoms with Crippen LogP contribution in [0.1, 0.15) is 30.9 Å². The minimum absolute atomic E-state index is 0.416. The predicted molar refractivity (Wildman–Crippen MR) is 96.2 cm³/mol. The lowest BCUT2D eigenvalue weighted by atomic mass is 9.81. The first-order valence-corrected chi connectivity index (χ1v) is 8.75. The van der Waals surface area contributed by atoms with E-state index in [0.29, 0.717) is 30.3 Å². The van der Waals surface area contributed by atoms with E-state index in [1.165, 1.54) is 10.7 Å². The highest BCUT2D eigenvalue weighted by atomic mass is 19.4. The van der Waals surface area contributed by atoms with Gasteiger partial charge in [-0.15, -0.1) is 5.10 Å². The van der Waals surface area contributed by atoms with Crippen molar-refractivity contribution in [3.8, 4) is 0 Å². The molecular formula is C18H20F4N6. The molecule has 2 aromatic rings. The fourth-order valence-electron chi connectivity index (χ4n) is 3.86. The Morgan fingerprint density at radius 3 is 2.46 bits per heavy atom. The first-order chi connectivity index (χ1) is 13.0. The zero-order chi connectivity index (χ0) is 20.5. The van der Waals surface area contributed by atoms with Gasteiger partial charge in [-0.05, 0) is 43.5 Å². The molecule has 1 aromatic carbocycles. The van der Waals surface area contributed by atoms with Crippen molar-refractivity contribution in [3.05, 3.63) is 46.9 Å². The van der Waals surface area contributed by atoms with Crippen LogP contribution in [-0.2, 0) is 17.3 Å². The molecule has 0 bridgehead atoms. The Kier molecular flexibility index (Phi) is 3.81. The monoisotopic (exact) mass is 396 g/mol. The van der Waals surface area contributed by atoms with Gasteiger partial charge in [0.05, 0.1) is 5.56 Å². The fourth-order valence-corrected chi connectivity index (χ4v) is 3.86. The molecule has 0 radical (unpaired) electrons. The van der Waals surface area contributed by atoms with Gasteiger partial charge in [-0.3, -0.25) is 0 Å². The highest BCUT2D eigenvalue weighted by molar-refractivity contribution is 5.50. The van der Waals surface area contributed by atoms with Crippen LogP contribution >= 0.6 is 0 Å². The summed E-state index contributed by atoms with van der Waals surface area (Å²) in [5.41, 5.74) is 4.71. The number of hydrogen-bond acceptors (Lipinski definition) is 5. The number of alkyl halides is 3. The summed E-state index contributed by atoms with van der Waals surface area (Å²) in [6, 6.07) is 3.03. The number of anilines is 2. The summed E-state index contributed by atoms with van der Waals surface area (Å²) in [7, 11) is 3.58. The summed E-state index contributed by atoms with van der Waals surface area (Å²) >= 11 is 0. The largest absolute Gasteiger partial charge is 0.419 e. The van der Waals surface area contributed by atoms with Crippen LogP contribution in [0.3, 0.4) is 0 Å². The van der Waals surface area contributed by atoms with Crippen molar-refractivity contribution in [1.29, 1.82) is 0 Å². The fraction of sp³-hybridized carbons (Fsp3) is 0.444. The van der Waals surface area contributed by atoms with Crippen molar-refractivity contribution in [3.63, 3.8) is 0 Å². The molecule has 1 fully saturated rings. The molecule has 2 heterocycles. The number of fused-ring (bicyclic) bond motifs is 1. The molecule has 10 heteroatoms. The lowest BCUT2D eigenvalue weighted by Gasteiger charge is -2.39. The number of nitrogens with two attached hydrogens (primary N) is 1. The molecule has 1 aromatic heterocycles. The summed E-state index contributed by atoms with van der Waals surface area (Å²) in [5, 5.41) is 7.58. The quantitative estimate of drug-likeness (QED) is 0.780. The Labute approximate surface area is 159 Å². The van der Waals surface area contributed by atoms with Gasteiger partial charge in [0, 0.05) is 25.2 Å². The van der Waals surface area contributed by atoms with Gasteiger partial charge in [-0.2, -0.15) is 18.2 Å². The molecule has 1 aliphatic carbocycles. The second-order valence-electron chi connectivity index (χ2n) is 7.59. The van der Waals surface area contributed by atoms with Gasteiger partial charge in [-0.1, -0.05) is 6.07 Å². The number of rotatable bonds is 3. The van der Waals surface area contributed by atoms with Gasteiger partial charge in [0.1, 0.15) is 11.5 Å². The van der Waals surface area contributed by atoms with Gasteiger partial charge in [0.25, 0.3) is 0 Å². The summed E-state index contributed by atoms with van der Waals surface area (Å²) in [6.07, 6.45) is -1.79. The lowest BCUT2D eigenvalue weighted by molar-refractivity contribution is -0.140. The van der Waals surface area contributed by atoms with E-state index in [9.17, 15) is 17.6 Å². The van der Waals surface area contributed by atoms with Crippen LogP contribution in [0.25, 0.3) is 0 Å². The zero-order valence-electron chi connectivity index (χ0n) is 15.6. The van der Waals surface area contributed by atoms with Crippen molar-refractivity contribution in [2.24, 2.45) is 5.73 Å². The van der Waals surface area contributed by atoms with Crippen LogP contribution in [0.4, 0.5) is 29.5 Å². The maximum absolute atomic E-state index is 14.2. The first-order valence-electron chi connectivity index (χ1n) is 8.75. The van der Waals surface area contributed by atoms with Crippen molar-refractivity contribution in [2.45, 2.75) is 37.0 Å². The average Bonchev–Trinajstić information content (AvgIpc) is 3.28. The number of nitrogens with one attached hydrogen (secondary N) is 1. The molecule has 1 aliphatic heterocycles. The van der Waals surface area contributed by atoms with Crippen molar-refractivity contribution < 1.29 is 17.6 Å². The Morgan fingerprint density at radius 1 is 1.25 bits per heavy atom. The van der Waals surface area contributed by atoms with E-state index < -0.39 is 28.6 Å². The molecular weight excluding hydrogens is 376 g/mol. The van der Waals surface area contributed by atoms with E-state index in [-0.39, 0.29) is 0 Å². The van der Waals surface area contributed by atoms with Crippen molar-refractivity contribution >= 4 is 11.9 Å². The molecule has 1 unspecified atom stereocenters. The van der Waals surface area contributed by atoms with Gasteiger partial charge in [-0.25, -0.2) is 9.07 Å². The predicted octanol–water partition coefficient (Wildman–Crippen LogP) is 3.17. The number of allylic oxidation sites excluding steroid dienone is 1. The van der Waals surface area contributed by atoms with Gasteiger partial charge in [0.15, 0.2) is 0 Å². The Bertz CT molecular complexity index is 973. The van der Waals surface area contributed by atoms with Crippen LogP contribution in [0, 0.1) is 5.82 Å². The zero-order valence-corrected chi connectivity index (χ0v) is 15.6. The third-order valence-electron chi connectivity index (χ3n) is 5.44. The molecule has 0 spiro atoms. The van der Waals surface area contributed by atoms with Gasteiger partial charge in [0.2, 0.25) is 11.9 Å².